The van der Waals surface area contributed by atoms with Gasteiger partial charge in [-0.15, -0.1) is 0 Å². The molecule has 1 aliphatic rings. The maximum Gasteiger partial charge on any atom is 0.278 e. The molecule has 2 N–H and O–H groups in total. The van der Waals surface area contributed by atoms with Gasteiger partial charge in [-0.3, -0.25) is 13.8 Å². The van der Waals surface area contributed by atoms with Gasteiger partial charge in [0.25, 0.3) is 15.9 Å². The molecule has 1 aliphatic heterocycles. The Hall–Kier alpha value is -3.68. The third-order valence-corrected chi connectivity index (χ3v) is 8.64. The van der Waals surface area contributed by atoms with Crippen molar-refractivity contribution in [2.24, 2.45) is 0 Å². The molecule has 0 saturated heterocycles. The molecule has 37 heavy (non-hydrogen) atoms. The first-order valence-electron chi connectivity index (χ1n) is 10.8. The van der Waals surface area contributed by atoms with Crippen molar-refractivity contribution in [1.82, 2.24) is 9.78 Å². The topological polar surface area (TPSA) is 130 Å². The number of hydrogen-bond acceptors (Lipinski definition) is 6. The summed E-state index contributed by atoms with van der Waals surface area (Å²) in [4.78, 5) is 13.6. The average molecular weight is 602 g/mol. The van der Waals surface area contributed by atoms with E-state index in [0.717, 1.165) is 15.0 Å². The zero-order valence-corrected chi connectivity index (χ0v) is 22.7. The van der Waals surface area contributed by atoms with E-state index < -0.39 is 26.0 Å². The Morgan fingerprint density at radius 2 is 1.57 bits per heavy atom. The van der Waals surface area contributed by atoms with Gasteiger partial charge in [-0.1, -0.05) is 34.1 Å². The highest BCUT2D eigenvalue weighted by Crippen LogP contribution is 2.45. The predicted octanol–water partition coefficient (Wildman–Crippen LogP) is 4.06. The molecule has 13 heteroatoms. The Morgan fingerprint density at radius 3 is 2.22 bits per heavy atom. The first-order valence-corrected chi connectivity index (χ1v) is 14.9. The Balaban J connectivity index is 1.63. The maximum atomic E-state index is 13.4. The van der Waals surface area contributed by atoms with Gasteiger partial charge in [-0.2, -0.15) is 5.10 Å². The van der Waals surface area contributed by atoms with Crippen LogP contribution in [0.4, 0.5) is 17.1 Å². The Kier molecular flexibility index (Phi) is 6.09. The van der Waals surface area contributed by atoms with E-state index in [-0.39, 0.29) is 16.3 Å². The fraction of sp³-hybridized carbons (Fsp3) is 0.0833. The van der Waals surface area contributed by atoms with Gasteiger partial charge in [0.15, 0.2) is 5.69 Å². The number of rotatable bonds is 5. The van der Waals surface area contributed by atoms with Gasteiger partial charge in [-0.05, 0) is 54.6 Å². The fourth-order valence-electron chi connectivity index (χ4n) is 4.05. The van der Waals surface area contributed by atoms with Gasteiger partial charge in [0.2, 0.25) is 10.0 Å². The van der Waals surface area contributed by atoms with Crippen molar-refractivity contribution in [2.75, 3.05) is 27.6 Å². The number of amides is 1. The minimum Gasteiger partial charge on any atom is -0.321 e. The van der Waals surface area contributed by atoms with Crippen LogP contribution in [0.3, 0.4) is 0 Å². The van der Waals surface area contributed by atoms with Crippen molar-refractivity contribution < 1.29 is 21.6 Å². The molecule has 0 bridgehead atoms. The summed E-state index contributed by atoms with van der Waals surface area (Å²) in [6.45, 7) is 0. The van der Waals surface area contributed by atoms with Crippen molar-refractivity contribution in [3.8, 4) is 16.9 Å². The molecule has 5 rings (SSSR count). The lowest BCUT2D eigenvalue weighted by atomic mass is 10.1. The monoisotopic (exact) mass is 601 g/mol. The highest BCUT2D eigenvalue weighted by Gasteiger charge is 2.39. The van der Waals surface area contributed by atoms with Crippen LogP contribution in [0.1, 0.15) is 10.5 Å². The number of carbonyl (C=O) groups excluding carboxylic acids is 1. The minimum absolute atomic E-state index is 0.0863. The summed E-state index contributed by atoms with van der Waals surface area (Å²) in [7, 11) is -6.00. The van der Waals surface area contributed by atoms with Crippen LogP contribution < -0.4 is 14.3 Å². The normalized spacial score (nSPS) is 14.0. The summed E-state index contributed by atoms with van der Waals surface area (Å²) >= 11 is 3.41. The molecule has 0 fully saturated rings. The van der Waals surface area contributed by atoms with Gasteiger partial charge in [-0.25, -0.2) is 21.5 Å². The van der Waals surface area contributed by atoms with Crippen LogP contribution >= 0.6 is 15.9 Å². The van der Waals surface area contributed by atoms with E-state index in [2.05, 4.69) is 31.1 Å². The van der Waals surface area contributed by atoms with E-state index >= 15 is 0 Å². The molecule has 0 radical (unpaired) electrons. The molecule has 3 aromatic carbocycles. The minimum atomic E-state index is -3.93. The zero-order chi connectivity index (χ0) is 26.5. The van der Waals surface area contributed by atoms with Crippen molar-refractivity contribution in [1.29, 1.82) is 0 Å². The second kappa shape index (κ2) is 9.01. The summed E-state index contributed by atoms with van der Waals surface area (Å²) in [5, 5.41) is 7.28. The number of hydrogen-bond donors (Lipinski definition) is 2. The number of aromatic nitrogens is 2. The van der Waals surface area contributed by atoms with E-state index in [9.17, 15) is 21.6 Å². The Labute approximate surface area is 222 Å². The quantitative estimate of drug-likeness (QED) is 0.354. The van der Waals surface area contributed by atoms with E-state index in [1.54, 1.807) is 35.0 Å². The summed E-state index contributed by atoms with van der Waals surface area (Å²) in [5.41, 5.74) is 2.30. The van der Waals surface area contributed by atoms with Crippen molar-refractivity contribution in [2.45, 2.75) is 4.90 Å². The number of nitrogens with zero attached hydrogens (tertiary/aromatic N) is 3. The van der Waals surface area contributed by atoms with E-state index in [4.69, 9.17) is 0 Å². The lowest BCUT2D eigenvalue weighted by molar-refractivity contribution is 0.102. The summed E-state index contributed by atoms with van der Waals surface area (Å²) in [6.07, 6.45) is 1.04. The SMILES string of the molecule is CN1c2c(C(=O)Nc3ccc(NS(C)(=O)=O)cc3)nn(-c3ccc(Br)cc3)c2-c2ccccc2S1(=O)=O. The summed E-state index contributed by atoms with van der Waals surface area (Å²) in [6, 6.07) is 19.9. The van der Waals surface area contributed by atoms with Gasteiger partial charge in [0.05, 0.1) is 16.8 Å². The average Bonchev–Trinajstić information content (AvgIpc) is 3.24. The molecule has 0 aliphatic carbocycles. The highest BCUT2D eigenvalue weighted by molar-refractivity contribution is 9.10. The Bertz CT molecular complexity index is 1750. The molecular weight excluding hydrogens is 582 g/mol. The lowest BCUT2D eigenvalue weighted by Gasteiger charge is -2.27. The van der Waals surface area contributed by atoms with E-state index in [1.165, 1.54) is 37.4 Å². The van der Waals surface area contributed by atoms with Crippen LogP contribution in [0.15, 0.2) is 82.2 Å². The molecule has 190 valence electrons. The predicted molar refractivity (Wildman–Crippen MR) is 145 cm³/mol. The third-order valence-electron chi connectivity index (χ3n) is 5.69. The number of carbonyl (C=O) groups is 1. The Morgan fingerprint density at radius 1 is 0.946 bits per heavy atom. The zero-order valence-electron chi connectivity index (χ0n) is 19.5. The number of sulfonamides is 2. The standard InChI is InChI=1S/C24H20BrN5O5S2/c1-29-23-21(24(31)26-16-9-11-17(12-10-16)28-36(2,32)33)27-30(18-13-7-15(25)8-14-18)22(23)19-5-3-4-6-20(19)37(29,34)35/h3-14,28H,1-2H3,(H,26,31). The van der Waals surface area contributed by atoms with E-state index in [0.29, 0.717) is 28.3 Å². The first-order chi connectivity index (χ1) is 17.5. The molecule has 4 aromatic rings. The van der Waals surface area contributed by atoms with Gasteiger partial charge in [0.1, 0.15) is 11.4 Å². The van der Waals surface area contributed by atoms with Crippen molar-refractivity contribution >= 4 is 58.9 Å². The smallest absolute Gasteiger partial charge is 0.278 e. The van der Waals surface area contributed by atoms with Crippen LogP contribution in [-0.2, 0) is 20.0 Å². The lowest BCUT2D eigenvalue weighted by Crippen LogP contribution is -2.32. The number of benzene rings is 3. The summed E-state index contributed by atoms with van der Waals surface area (Å²) < 4.78 is 55.4. The molecular formula is C24H20BrN5O5S2. The van der Waals surface area contributed by atoms with Crippen molar-refractivity contribution in [3.63, 3.8) is 0 Å². The molecule has 1 aromatic heterocycles. The second-order valence-electron chi connectivity index (χ2n) is 8.31. The first kappa shape index (κ1) is 25.0. The van der Waals surface area contributed by atoms with Crippen LogP contribution in [0.5, 0.6) is 0 Å². The molecule has 0 unspecified atom stereocenters. The summed E-state index contributed by atoms with van der Waals surface area (Å²) in [5.74, 6) is -0.627. The highest BCUT2D eigenvalue weighted by atomic mass is 79.9. The number of fused-ring (bicyclic) bond motifs is 3. The number of nitrogens with one attached hydrogen (secondary N) is 2. The second-order valence-corrected chi connectivity index (χ2v) is 12.9. The molecule has 0 atom stereocenters. The van der Waals surface area contributed by atoms with E-state index in [1.807, 2.05) is 12.1 Å². The van der Waals surface area contributed by atoms with Gasteiger partial charge >= 0.3 is 0 Å². The van der Waals surface area contributed by atoms with Crippen LogP contribution in [0, 0.1) is 0 Å². The number of halogens is 1. The molecule has 0 saturated carbocycles. The molecule has 0 spiro atoms. The van der Waals surface area contributed by atoms with Crippen LogP contribution in [0.2, 0.25) is 0 Å². The molecule has 1 amide bonds. The molecule has 10 nitrogen and oxygen atoms in total. The van der Waals surface area contributed by atoms with Crippen molar-refractivity contribution in [3.05, 3.63) is 83.0 Å². The molecule has 2 heterocycles. The van der Waals surface area contributed by atoms with Crippen LogP contribution in [-0.4, -0.2) is 45.8 Å². The third kappa shape index (κ3) is 4.61. The largest absolute Gasteiger partial charge is 0.321 e. The maximum absolute atomic E-state index is 13.4. The van der Waals surface area contributed by atoms with Crippen LogP contribution in [0.25, 0.3) is 16.9 Å². The fourth-order valence-corrected chi connectivity index (χ4v) is 6.28. The van der Waals surface area contributed by atoms with Gasteiger partial charge in [0, 0.05) is 28.5 Å². The van der Waals surface area contributed by atoms with Gasteiger partial charge < -0.3 is 5.32 Å². The number of anilines is 3.